The van der Waals surface area contributed by atoms with Gasteiger partial charge in [-0.05, 0) is 49.7 Å². The molecule has 1 saturated heterocycles. The second kappa shape index (κ2) is 9.81. The summed E-state index contributed by atoms with van der Waals surface area (Å²) < 4.78 is 33.3. The summed E-state index contributed by atoms with van der Waals surface area (Å²) in [7, 11) is -0.518. The summed E-state index contributed by atoms with van der Waals surface area (Å²) in [6.07, 6.45) is -0.390. The lowest BCUT2D eigenvalue weighted by Gasteiger charge is -2.34. The Bertz CT molecular complexity index is 1080. The fourth-order valence-electron chi connectivity index (χ4n) is 3.74. The highest BCUT2D eigenvalue weighted by Crippen LogP contribution is 2.22. The van der Waals surface area contributed by atoms with Crippen molar-refractivity contribution < 1.29 is 22.7 Å². The Morgan fingerprint density at radius 1 is 1.06 bits per heavy atom. The number of carbonyl (C=O) groups is 2. The molecule has 172 valence electrons. The molecule has 0 radical (unpaired) electrons. The van der Waals surface area contributed by atoms with Crippen molar-refractivity contribution in [1.29, 1.82) is 0 Å². The first-order valence-corrected chi connectivity index (χ1v) is 11.9. The van der Waals surface area contributed by atoms with Gasteiger partial charge in [-0.15, -0.1) is 0 Å². The van der Waals surface area contributed by atoms with Crippen LogP contribution >= 0.6 is 0 Å². The number of morpholine rings is 1. The normalized spacial score (nSPS) is 19.4. The van der Waals surface area contributed by atoms with Crippen LogP contribution in [0.4, 0.5) is 0 Å². The summed E-state index contributed by atoms with van der Waals surface area (Å²) in [5.41, 5.74) is 1.69. The van der Waals surface area contributed by atoms with E-state index in [4.69, 9.17) is 4.74 Å². The second-order valence-electron chi connectivity index (χ2n) is 8.04. The van der Waals surface area contributed by atoms with E-state index in [-0.39, 0.29) is 42.0 Å². The van der Waals surface area contributed by atoms with Gasteiger partial charge in [0.15, 0.2) is 0 Å². The van der Waals surface area contributed by atoms with Crippen LogP contribution in [0.15, 0.2) is 53.4 Å². The second-order valence-corrected chi connectivity index (χ2v) is 9.98. The molecule has 1 aliphatic heterocycles. The number of carbonyl (C=O) groups excluding carboxylic acids is 2. The number of hydrogen-bond acceptors (Lipinski definition) is 5. The predicted octanol–water partition coefficient (Wildman–Crippen LogP) is 2.12. The van der Waals surface area contributed by atoms with Gasteiger partial charge in [0.05, 0.1) is 17.1 Å². The summed E-state index contributed by atoms with van der Waals surface area (Å²) in [6.45, 7) is 4.55. The third kappa shape index (κ3) is 5.35. The van der Waals surface area contributed by atoms with Crippen LogP contribution in [0.1, 0.15) is 40.1 Å². The first-order chi connectivity index (χ1) is 15.1. The molecule has 0 saturated carbocycles. The molecule has 0 aliphatic carbocycles. The van der Waals surface area contributed by atoms with Crippen molar-refractivity contribution in [3.8, 4) is 0 Å². The smallest absolute Gasteiger partial charge is 0.253 e. The number of rotatable bonds is 6. The summed E-state index contributed by atoms with van der Waals surface area (Å²) in [4.78, 5) is 26.2. The summed E-state index contributed by atoms with van der Waals surface area (Å²) in [6, 6.07) is 13.1. The summed E-state index contributed by atoms with van der Waals surface area (Å²) >= 11 is 0. The van der Waals surface area contributed by atoms with E-state index in [1.54, 1.807) is 50.5 Å². The number of benzene rings is 2. The van der Waals surface area contributed by atoms with E-state index in [1.807, 2.05) is 13.8 Å². The minimum atomic E-state index is -3.74. The molecule has 1 fully saturated rings. The third-order valence-corrected chi connectivity index (χ3v) is 7.14. The fourth-order valence-corrected chi connectivity index (χ4v) is 5.37. The molecular weight excluding hydrogens is 430 g/mol. The molecule has 0 unspecified atom stereocenters. The quantitative estimate of drug-likeness (QED) is 0.714. The number of nitrogens with one attached hydrogen (secondary N) is 1. The van der Waals surface area contributed by atoms with Gasteiger partial charge in [0.25, 0.3) is 11.8 Å². The van der Waals surface area contributed by atoms with E-state index in [9.17, 15) is 18.0 Å². The van der Waals surface area contributed by atoms with Gasteiger partial charge in [-0.3, -0.25) is 9.59 Å². The van der Waals surface area contributed by atoms with Crippen molar-refractivity contribution in [2.45, 2.75) is 37.5 Å². The maximum Gasteiger partial charge on any atom is 0.253 e. The molecule has 1 N–H and O–H groups in total. The van der Waals surface area contributed by atoms with Crippen molar-refractivity contribution in [2.24, 2.45) is 0 Å². The van der Waals surface area contributed by atoms with Crippen LogP contribution in [0.25, 0.3) is 0 Å². The monoisotopic (exact) mass is 459 g/mol. The third-order valence-electron chi connectivity index (χ3n) is 5.31. The molecule has 1 aliphatic rings. The standard InChI is InChI=1S/C23H29N3O5S/c1-16-13-26(14-17(2)31-16)32(29,30)21-7-5-6-20(12-21)23(28)25(4)15-18-8-10-19(11-9-18)22(27)24-3/h5-12,16-17H,13-15H2,1-4H3,(H,24,27)/t16-,17+. The number of ether oxygens (including phenoxy) is 1. The number of nitrogens with zero attached hydrogens (tertiary/aromatic N) is 2. The maximum absolute atomic E-state index is 13.1. The van der Waals surface area contributed by atoms with Crippen LogP contribution in [0, 0.1) is 0 Å². The topological polar surface area (TPSA) is 96.0 Å². The Morgan fingerprint density at radius 3 is 2.28 bits per heavy atom. The van der Waals surface area contributed by atoms with E-state index >= 15 is 0 Å². The molecule has 2 aromatic carbocycles. The lowest BCUT2D eigenvalue weighted by Crippen LogP contribution is -2.48. The molecule has 32 heavy (non-hydrogen) atoms. The zero-order valence-electron chi connectivity index (χ0n) is 18.7. The highest BCUT2D eigenvalue weighted by atomic mass is 32.2. The Balaban J connectivity index is 1.75. The first-order valence-electron chi connectivity index (χ1n) is 10.4. The van der Waals surface area contributed by atoms with Gasteiger partial charge in [0.1, 0.15) is 0 Å². The van der Waals surface area contributed by atoms with E-state index in [0.29, 0.717) is 17.7 Å². The van der Waals surface area contributed by atoms with E-state index in [0.717, 1.165) is 5.56 Å². The molecule has 0 spiro atoms. The van der Waals surface area contributed by atoms with E-state index in [1.165, 1.54) is 21.3 Å². The zero-order valence-corrected chi connectivity index (χ0v) is 19.6. The van der Waals surface area contributed by atoms with Gasteiger partial charge in [-0.2, -0.15) is 4.31 Å². The fraction of sp³-hybridized carbons (Fsp3) is 0.391. The van der Waals surface area contributed by atoms with Gasteiger partial charge in [0, 0.05) is 44.9 Å². The van der Waals surface area contributed by atoms with Crippen LogP contribution in [0.5, 0.6) is 0 Å². The van der Waals surface area contributed by atoms with Crippen LogP contribution < -0.4 is 5.32 Å². The van der Waals surface area contributed by atoms with Crippen molar-refractivity contribution >= 4 is 21.8 Å². The van der Waals surface area contributed by atoms with E-state index < -0.39 is 10.0 Å². The molecule has 9 heteroatoms. The Morgan fingerprint density at radius 2 is 1.69 bits per heavy atom. The van der Waals surface area contributed by atoms with Gasteiger partial charge >= 0.3 is 0 Å². The molecular formula is C23H29N3O5S. The van der Waals surface area contributed by atoms with E-state index in [2.05, 4.69) is 5.32 Å². The summed E-state index contributed by atoms with van der Waals surface area (Å²) in [5.74, 6) is -0.468. The van der Waals surface area contributed by atoms with Crippen molar-refractivity contribution in [3.63, 3.8) is 0 Å². The Hall–Kier alpha value is -2.75. The van der Waals surface area contributed by atoms with Gasteiger partial charge in [0.2, 0.25) is 10.0 Å². The zero-order chi connectivity index (χ0) is 23.5. The predicted molar refractivity (Wildman–Crippen MR) is 121 cm³/mol. The number of amides is 2. The van der Waals surface area contributed by atoms with Crippen molar-refractivity contribution in [2.75, 3.05) is 27.2 Å². The molecule has 3 rings (SSSR count). The van der Waals surface area contributed by atoms with Gasteiger partial charge in [-0.1, -0.05) is 18.2 Å². The molecule has 2 amide bonds. The Kier molecular flexibility index (Phi) is 7.33. The van der Waals surface area contributed by atoms with Crippen LogP contribution in [-0.2, 0) is 21.3 Å². The molecule has 8 nitrogen and oxygen atoms in total. The SMILES string of the molecule is CNC(=O)c1ccc(CN(C)C(=O)c2cccc(S(=O)(=O)N3C[C@@H](C)O[C@@H](C)C3)c2)cc1. The maximum atomic E-state index is 13.1. The Labute approximate surface area is 189 Å². The van der Waals surface area contributed by atoms with Gasteiger partial charge in [-0.25, -0.2) is 8.42 Å². The largest absolute Gasteiger partial charge is 0.373 e. The lowest BCUT2D eigenvalue weighted by atomic mass is 10.1. The van der Waals surface area contributed by atoms with Crippen molar-refractivity contribution in [1.82, 2.24) is 14.5 Å². The molecule has 1 heterocycles. The van der Waals surface area contributed by atoms with Crippen LogP contribution in [-0.4, -0.2) is 68.8 Å². The van der Waals surface area contributed by atoms with Gasteiger partial charge < -0.3 is 15.0 Å². The minimum absolute atomic E-state index is 0.0907. The lowest BCUT2D eigenvalue weighted by molar-refractivity contribution is -0.0440. The average molecular weight is 460 g/mol. The number of hydrogen-bond donors (Lipinski definition) is 1. The molecule has 2 atom stereocenters. The molecule has 0 bridgehead atoms. The summed E-state index contributed by atoms with van der Waals surface area (Å²) in [5, 5.41) is 2.56. The van der Waals surface area contributed by atoms with Crippen LogP contribution in [0.3, 0.4) is 0 Å². The molecule has 0 aromatic heterocycles. The number of sulfonamides is 1. The highest BCUT2D eigenvalue weighted by Gasteiger charge is 2.32. The van der Waals surface area contributed by atoms with Crippen molar-refractivity contribution in [3.05, 3.63) is 65.2 Å². The molecule has 2 aromatic rings. The minimum Gasteiger partial charge on any atom is -0.373 e. The average Bonchev–Trinajstić information content (AvgIpc) is 2.78. The van der Waals surface area contributed by atoms with Crippen LogP contribution in [0.2, 0.25) is 0 Å². The highest BCUT2D eigenvalue weighted by molar-refractivity contribution is 7.89. The first kappa shape index (κ1) is 23.9.